The van der Waals surface area contributed by atoms with Crippen LogP contribution >= 0.6 is 0 Å². The van der Waals surface area contributed by atoms with Crippen molar-refractivity contribution in [2.24, 2.45) is 5.73 Å². The molecule has 3 rings (SSSR count). The third kappa shape index (κ3) is 2.59. The van der Waals surface area contributed by atoms with E-state index in [0.29, 0.717) is 0 Å². The number of anilines is 1. The predicted molar refractivity (Wildman–Crippen MR) is 76.0 cm³/mol. The van der Waals surface area contributed by atoms with Crippen molar-refractivity contribution >= 4 is 11.6 Å². The van der Waals surface area contributed by atoms with Gasteiger partial charge in [-0.1, -0.05) is 18.2 Å². The van der Waals surface area contributed by atoms with Gasteiger partial charge in [-0.15, -0.1) is 0 Å². The molecule has 0 atom stereocenters. The Morgan fingerprint density at radius 2 is 1.79 bits per heavy atom. The maximum absolute atomic E-state index is 12.3. The van der Waals surface area contributed by atoms with Crippen molar-refractivity contribution in [3.8, 4) is 0 Å². The van der Waals surface area contributed by atoms with Crippen LogP contribution in [0.1, 0.15) is 19.3 Å². The van der Waals surface area contributed by atoms with Crippen molar-refractivity contribution in [1.82, 2.24) is 4.90 Å². The van der Waals surface area contributed by atoms with Gasteiger partial charge in [0.1, 0.15) is 0 Å². The van der Waals surface area contributed by atoms with E-state index in [1.807, 2.05) is 11.0 Å². The van der Waals surface area contributed by atoms with Crippen molar-refractivity contribution < 1.29 is 4.79 Å². The van der Waals surface area contributed by atoms with Crippen LogP contribution in [0.4, 0.5) is 5.69 Å². The number of hydrogen-bond acceptors (Lipinski definition) is 3. The molecule has 2 aliphatic rings. The van der Waals surface area contributed by atoms with Gasteiger partial charge in [0.25, 0.3) is 0 Å². The summed E-state index contributed by atoms with van der Waals surface area (Å²) in [7, 11) is 0. The van der Waals surface area contributed by atoms with Gasteiger partial charge in [0.05, 0.1) is 5.54 Å². The number of benzene rings is 1. The summed E-state index contributed by atoms with van der Waals surface area (Å²) in [6.45, 7) is 3.52. The van der Waals surface area contributed by atoms with Crippen LogP contribution in [0.25, 0.3) is 0 Å². The fourth-order valence-electron chi connectivity index (χ4n) is 2.68. The fraction of sp³-hybridized carbons (Fsp3) is 0.533. The summed E-state index contributed by atoms with van der Waals surface area (Å²) in [6, 6.07) is 10.4. The number of hydrogen-bond donors (Lipinski definition) is 1. The highest BCUT2D eigenvalue weighted by atomic mass is 16.2. The number of rotatable bonds is 2. The largest absolute Gasteiger partial charge is 0.370 e. The lowest BCUT2D eigenvalue weighted by Crippen LogP contribution is -2.47. The summed E-state index contributed by atoms with van der Waals surface area (Å²) < 4.78 is 0. The second-order valence-corrected chi connectivity index (χ2v) is 5.62. The number of carbonyl (C=O) groups is 1. The van der Waals surface area contributed by atoms with E-state index in [2.05, 4.69) is 29.2 Å². The highest BCUT2D eigenvalue weighted by molar-refractivity contribution is 5.89. The minimum atomic E-state index is -0.526. The van der Waals surface area contributed by atoms with E-state index in [-0.39, 0.29) is 5.91 Å². The molecule has 102 valence electrons. The van der Waals surface area contributed by atoms with E-state index < -0.39 is 5.54 Å². The van der Waals surface area contributed by atoms with Crippen LogP contribution in [-0.4, -0.2) is 42.5 Å². The molecule has 19 heavy (non-hydrogen) atoms. The zero-order chi connectivity index (χ0) is 13.3. The van der Waals surface area contributed by atoms with Crippen LogP contribution in [0, 0.1) is 0 Å². The molecule has 0 radical (unpaired) electrons. The second kappa shape index (κ2) is 4.85. The standard InChI is InChI=1S/C15H21N3O/c16-15(7-8-15)14(19)18-10-4-9-17(11-12-18)13-5-2-1-3-6-13/h1-3,5-6H,4,7-12,16H2. The predicted octanol–water partition coefficient (Wildman–Crippen LogP) is 1.22. The number of para-hydroxylation sites is 1. The Morgan fingerprint density at radius 1 is 1.05 bits per heavy atom. The van der Waals surface area contributed by atoms with Gasteiger partial charge < -0.3 is 15.5 Å². The maximum Gasteiger partial charge on any atom is 0.242 e. The number of amides is 1. The van der Waals surface area contributed by atoms with Crippen LogP contribution in [0.3, 0.4) is 0 Å². The molecule has 0 unspecified atom stereocenters. The number of carbonyl (C=O) groups excluding carboxylic acids is 1. The maximum atomic E-state index is 12.3. The molecule has 0 spiro atoms. The van der Waals surface area contributed by atoms with E-state index in [0.717, 1.165) is 45.4 Å². The molecule has 1 amide bonds. The quantitative estimate of drug-likeness (QED) is 0.868. The molecule has 1 heterocycles. The van der Waals surface area contributed by atoms with Crippen molar-refractivity contribution in [2.45, 2.75) is 24.8 Å². The monoisotopic (exact) mass is 259 g/mol. The average molecular weight is 259 g/mol. The number of nitrogens with zero attached hydrogens (tertiary/aromatic N) is 2. The van der Waals surface area contributed by atoms with Crippen LogP contribution in [0.5, 0.6) is 0 Å². The van der Waals surface area contributed by atoms with Gasteiger partial charge in [0.15, 0.2) is 0 Å². The van der Waals surface area contributed by atoms with Gasteiger partial charge in [-0.2, -0.15) is 0 Å². The van der Waals surface area contributed by atoms with Crippen LogP contribution < -0.4 is 10.6 Å². The smallest absolute Gasteiger partial charge is 0.242 e. The summed E-state index contributed by atoms with van der Waals surface area (Å²) in [5, 5.41) is 0. The first-order chi connectivity index (χ1) is 9.19. The van der Waals surface area contributed by atoms with Gasteiger partial charge in [0.2, 0.25) is 5.91 Å². The van der Waals surface area contributed by atoms with Crippen molar-refractivity contribution in [2.75, 3.05) is 31.1 Å². The van der Waals surface area contributed by atoms with Gasteiger partial charge in [-0.25, -0.2) is 0 Å². The van der Waals surface area contributed by atoms with E-state index in [1.165, 1.54) is 5.69 Å². The third-order valence-corrected chi connectivity index (χ3v) is 4.12. The molecule has 1 saturated heterocycles. The summed E-state index contributed by atoms with van der Waals surface area (Å²) in [5.41, 5.74) is 6.73. The Balaban J connectivity index is 1.64. The zero-order valence-corrected chi connectivity index (χ0v) is 11.2. The van der Waals surface area contributed by atoms with Gasteiger partial charge in [-0.3, -0.25) is 4.79 Å². The highest BCUT2D eigenvalue weighted by Gasteiger charge is 2.48. The van der Waals surface area contributed by atoms with Crippen LogP contribution in [-0.2, 0) is 4.79 Å². The van der Waals surface area contributed by atoms with Crippen LogP contribution in [0.15, 0.2) is 30.3 Å². The first-order valence-electron chi connectivity index (χ1n) is 7.07. The average Bonchev–Trinajstić information content (AvgIpc) is 3.22. The molecule has 2 fully saturated rings. The van der Waals surface area contributed by atoms with Gasteiger partial charge >= 0.3 is 0 Å². The summed E-state index contributed by atoms with van der Waals surface area (Å²) >= 11 is 0. The third-order valence-electron chi connectivity index (χ3n) is 4.12. The zero-order valence-electron chi connectivity index (χ0n) is 11.2. The molecule has 1 aromatic carbocycles. The minimum Gasteiger partial charge on any atom is -0.370 e. The molecule has 1 aliphatic carbocycles. The summed E-state index contributed by atoms with van der Waals surface area (Å²) in [4.78, 5) is 16.6. The minimum absolute atomic E-state index is 0.155. The first-order valence-corrected chi connectivity index (χ1v) is 7.07. The molecule has 1 aliphatic heterocycles. The van der Waals surface area contributed by atoms with E-state index in [4.69, 9.17) is 5.73 Å². The second-order valence-electron chi connectivity index (χ2n) is 5.62. The molecule has 0 aromatic heterocycles. The molecule has 1 saturated carbocycles. The Morgan fingerprint density at radius 3 is 2.47 bits per heavy atom. The highest BCUT2D eigenvalue weighted by Crippen LogP contribution is 2.34. The number of nitrogens with two attached hydrogens (primary N) is 1. The summed E-state index contributed by atoms with van der Waals surface area (Å²) in [5.74, 6) is 0.155. The van der Waals surface area contributed by atoms with E-state index >= 15 is 0 Å². The van der Waals surface area contributed by atoms with Crippen molar-refractivity contribution in [3.63, 3.8) is 0 Å². The fourth-order valence-corrected chi connectivity index (χ4v) is 2.68. The Labute approximate surface area is 114 Å². The molecule has 2 N–H and O–H groups in total. The van der Waals surface area contributed by atoms with Gasteiger partial charge in [-0.05, 0) is 31.4 Å². The normalized spacial score (nSPS) is 21.9. The SMILES string of the molecule is NC1(C(=O)N2CCCN(c3ccccc3)CC2)CC1. The molecule has 0 bridgehead atoms. The lowest BCUT2D eigenvalue weighted by Gasteiger charge is -2.25. The molecule has 4 nitrogen and oxygen atoms in total. The van der Waals surface area contributed by atoms with E-state index in [1.54, 1.807) is 0 Å². The first kappa shape index (κ1) is 12.5. The van der Waals surface area contributed by atoms with Crippen molar-refractivity contribution in [1.29, 1.82) is 0 Å². The molecule has 4 heteroatoms. The Bertz CT molecular complexity index is 456. The molecular formula is C15H21N3O. The lowest BCUT2D eigenvalue weighted by molar-refractivity contribution is -0.133. The van der Waals surface area contributed by atoms with E-state index in [9.17, 15) is 4.79 Å². The topological polar surface area (TPSA) is 49.6 Å². The lowest BCUT2D eigenvalue weighted by atomic mass is 10.2. The Hall–Kier alpha value is -1.55. The van der Waals surface area contributed by atoms with Crippen LogP contribution in [0.2, 0.25) is 0 Å². The molecule has 1 aromatic rings. The van der Waals surface area contributed by atoms with Crippen molar-refractivity contribution in [3.05, 3.63) is 30.3 Å². The van der Waals surface area contributed by atoms with Gasteiger partial charge in [0, 0.05) is 31.9 Å². The Kier molecular flexibility index (Phi) is 3.19. The summed E-state index contributed by atoms with van der Waals surface area (Å²) in [6.07, 6.45) is 2.71. The molecular weight excluding hydrogens is 238 g/mol.